The zero-order chi connectivity index (χ0) is 13.1. The molecule has 0 saturated carbocycles. The molecule has 0 amide bonds. The highest BCUT2D eigenvalue weighted by molar-refractivity contribution is 7.89. The van der Waals surface area contributed by atoms with Gasteiger partial charge in [-0.15, -0.1) is 0 Å². The molecule has 2 N–H and O–H groups in total. The molecule has 0 saturated heterocycles. The van der Waals surface area contributed by atoms with Gasteiger partial charge in [0.05, 0.1) is 4.90 Å². The number of hydrogen-bond donors (Lipinski definition) is 1. The molecule has 0 unspecified atom stereocenters. The molecule has 0 heterocycles. The van der Waals surface area contributed by atoms with Crippen molar-refractivity contribution in [3.05, 3.63) is 29.8 Å². The summed E-state index contributed by atoms with van der Waals surface area (Å²) < 4.78 is 25.4. The van der Waals surface area contributed by atoms with Crippen LogP contribution in [0.4, 0.5) is 0 Å². The highest BCUT2D eigenvalue weighted by Crippen LogP contribution is 2.19. The van der Waals surface area contributed by atoms with Crippen LogP contribution in [0.15, 0.2) is 29.2 Å². The Kier molecular flexibility index (Phi) is 4.68. The first-order valence-electron chi connectivity index (χ1n) is 5.66. The summed E-state index contributed by atoms with van der Waals surface area (Å²) in [5.74, 6) is 0.397. The lowest BCUT2D eigenvalue weighted by Crippen LogP contribution is -2.31. The van der Waals surface area contributed by atoms with Crippen molar-refractivity contribution < 1.29 is 8.42 Å². The molecule has 0 bridgehead atoms. The van der Waals surface area contributed by atoms with Crippen molar-refractivity contribution in [2.24, 2.45) is 5.73 Å². The van der Waals surface area contributed by atoms with Gasteiger partial charge < -0.3 is 5.73 Å². The van der Waals surface area contributed by atoms with Gasteiger partial charge in [0, 0.05) is 20.1 Å². The molecule has 0 atom stereocenters. The largest absolute Gasteiger partial charge is 0.329 e. The van der Waals surface area contributed by atoms with Crippen LogP contribution in [0.1, 0.15) is 25.3 Å². The summed E-state index contributed by atoms with van der Waals surface area (Å²) in [6, 6.07) is 7.01. The monoisotopic (exact) mass is 256 g/mol. The zero-order valence-corrected chi connectivity index (χ0v) is 11.4. The first-order chi connectivity index (χ1) is 7.89. The molecule has 5 heteroatoms. The average molecular weight is 256 g/mol. The molecule has 0 aliphatic rings. The van der Waals surface area contributed by atoms with Crippen molar-refractivity contribution in [2.75, 3.05) is 20.1 Å². The number of nitrogens with zero attached hydrogens (tertiary/aromatic N) is 1. The smallest absolute Gasteiger partial charge is 0.242 e. The Morgan fingerprint density at radius 2 is 1.76 bits per heavy atom. The first kappa shape index (κ1) is 14.2. The summed E-state index contributed by atoms with van der Waals surface area (Å²) >= 11 is 0. The highest BCUT2D eigenvalue weighted by Gasteiger charge is 2.19. The lowest BCUT2D eigenvalue weighted by atomic mass is 10.0. The molecule has 0 radical (unpaired) electrons. The van der Waals surface area contributed by atoms with Crippen LogP contribution < -0.4 is 5.73 Å². The van der Waals surface area contributed by atoms with Crippen LogP contribution in [0, 0.1) is 0 Å². The van der Waals surface area contributed by atoms with E-state index in [1.165, 1.54) is 4.31 Å². The topological polar surface area (TPSA) is 63.4 Å². The molecule has 1 aromatic rings. The van der Waals surface area contributed by atoms with E-state index in [9.17, 15) is 8.42 Å². The lowest BCUT2D eigenvalue weighted by molar-refractivity contribution is 0.476. The van der Waals surface area contributed by atoms with E-state index in [1.54, 1.807) is 19.2 Å². The fraction of sp³-hybridized carbons (Fsp3) is 0.500. The number of nitrogens with two attached hydrogens (primary N) is 1. The maximum atomic E-state index is 12.1. The van der Waals surface area contributed by atoms with Gasteiger partial charge in [0.2, 0.25) is 10.0 Å². The predicted molar refractivity (Wildman–Crippen MR) is 69.4 cm³/mol. The minimum atomic E-state index is -3.39. The second-order valence-electron chi connectivity index (χ2n) is 4.34. The first-order valence-corrected chi connectivity index (χ1v) is 7.10. The number of sulfonamides is 1. The fourth-order valence-electron chi connectivity index (χ4n) is 1.51. The van der Waals surface area contributed by atoms with Gasteiger partial charge in [-0.05, 0) is 23.6 Å². The Labute approximate surface area is 103 Å². The van der Waals surface area contributed by atoms with E-state index in [0.717, 1.165) is 5.56 Å². The van der Waals surface area contributed by atoms with E-state index in [2.05, 4.69) is 13.8 Å². The molecule has 1 aromatic carbocycles. The molecule has 0 fully saturated rings. The lowest BCUT2D eigenvalue weighted by Gasteiger charge is -2.16. The molecule has 96 valence electrons. The van der Waals surface area contributed by atoms with Crippen LogP contribution in [-0.2, 0) is 10.0 Å². The highest BCUT2D eigenvalue weighted by atomic mass is 32.2. The molecule has 17 heavy (non-hydrogen) atoms. The van der Waals surface area contributed by atoms with Crippen molar-refractivity contribution in [3.8, 4) is 0 Å². The van der Waals surface area contributed by atoms with Crippen LogP contribution in [0.5, 0.6) is 0 Å². The van der Waals surface area contributed by atoms with Gasteiger partial charge in [0.1, 0.15) is 0 Å². The van der Waals surface area contributed by atoms with Crippen molar-refractivity contribution in [1.29, 1.82) is 0 Å². The standard InChI is InChI=1S/C12H20N2O2S/c1-10(2)11-4-6-12(7-5-11)17(15,16)14(3)9-8-13/h4-7,10H,8-9,13H2,1-3H3. The Bertz CT molecular complexity index is 452. The molecule has 0 aliphatic heterocycles. The summed E-state index contributed by atoms with van der Waals surface area (Å²) in [5, 5.41) is 0. The molecular formula is C12H20N2O2S. The zero-order valence-electron chi connectivity index (χ0n) is 10.6. The maximum Gasteiger partial charge on any atom is 0.242 e. The van der Waals surface area contributed by atoms with Crippen molar-refractivity contribution in [1.82, 2.24) is 4.31 Å². The summed E-state index contributed by atoms with van der Waals surface area (Å²) in [4.78, 5) is 0.317. The SMILES string of the molecule is CC(C)c1ccc(S(=O)(=O)N(C)CCN)cc1. The number of rotatable bonds is 5. The molecular weight excluding hydrogens is 236 g/mol. The predicted octanol–water partition coefficient (Wildman–Crippen LogP) is 1.39. The normalized spacial score (nSPS) is 12.4. The Morgan fingerprint density at radius 1 is 1.24 bits per heavy atom. The number of hydrogen-bond acceptors (Lipinski definition) is 3. The van der Waals surface area contributed by atoms with Crippen molar-refractivity contribution in [2.45, 2.75) is 24.7 Å². The van der Waals surface area contributed by atoms with Gasteiger partial charge in [0.25, 0.3) is 0 Å². The quantitative estimate of drug-likeness (QED) is 0.866. The van der Waals surface area contributed by atoms with Crippen molar-refractivity contribution in [3.63, 3.8) is 0 Å². The van der Waals surface area contributed by atoms with E-state index in [-0.39, 0.29) is 0 Å². The van der Waals surface area contributed by atoms with Gasteiger partial charge >= 0.3 is 0 Å². The fourth-order valence-corrected chi connectivity index (χ4v) is 2.69. The molecule has 1 rings (SSSR count). The van der Waals surface area contributed by atoms with E-state index in [0.29, 0.717) is 23.9 Å². The Hall–Kier alpha value is -0.910. The molecule has 0 aromatic heterocycles. The maximum absolute atomic E-state index is 12.1. The van der Waals surface area contributed by atoms with Gasteiger partial charge in [-0.1, -0.05) is 26.0 Å². The van der Waals surface area contributed by atoms with Gasteiger partial charge in [0.15, 0.2) is 0 Å². The summed E-state index contributed by atoms with van der Waals surface area (Å²) in [5.41, 5.74) is 6.49. The second kappa shape index (κ2) is 5.62. The number of benzene rings is 1. The molecule has 0 spiro atoms. The van der Waals surface area contributed by atoms with E-state index in [4.69, 9.17) is 5.73 Å². The summed E-state index contributed by atoms with van der Waals surface area (Å²) in [7, 11) is -1.85. The van der Waals surface area contributed by atoms with E-state index in [1.807, 2.05) is 12.1 Å². The van der Waals surface area contributed by atoms with Crippen LogP contribution in [0.2, 0.25) is 0 Å². The third-order valence-electron chi connectivity index (χ3n) is 2.70. The van der Waals surface area contributed by atoms with Crippen LogP contribution in [0.3, 0.4) is 0 Å². The van der Waals surface area contributed by atoms with Gasteiger partial charge in [-0.25, -0.2) is 8.42 Å². The van der Waals surface area contributed by atoms with Gasteiger partial charge in [-0.2, -0.15) is 4.31 Å². The summed E-state index contributed by atoms with van der Waals surface area (Å²) in [6.45, 7) is 4.79. The minimum Gasteiger partial charge on any atom is -0.329 e. The van der Waals surface area contributed by atoms with Crippen molar-refractivity contribution >= 4 is 10.0 Å². The van der Waals surface area contributed by atoms with E-state index >= 15 is 0 Å². The van der Waals surface area contributed by atoms with Crippen LogP contribution >= 0.6 is 0 Å². The summed E-state index contributed by atoms with van der Waals surface area (Å²) in [6.07, 6.45) is 0. The second-order valence-corrected chi connectivity index (χ2v) is 6.38. The van der Waals surface area contributed by atoms with Gasteiger partial charge in [-0.3, -0.25) is 0 Å². The molecule has 4 nitrogen and oxygen atoms in total. The average Bonchev–Trinajstić information content (AvgIpc) is 2.29. The Balaban J connectivity index is 3.00. The third-order valence-corrected chi connectivity index (χ3v) is 4.57. The third kappa shape index (κ3) is 3.28. The molecule has 0 aliphatic carbocycles. The van der Waals surface area contributed by atoms with Crippen LogP contribution in [-0.4, -0.2) is 32.9 Å². The van der Waals surface area contributed by atoms with Crippen LogP contribution in [0.25, 0.3) is 0 Å². The number of likely N-dealkylation sites (N-methyl/N-ethyl adjacent to an activating group) is 1. The van der Waals surface area contributed by atoms with E-state index < -0.39 is 10.0 Å². The Morgan fingerprint density at radius 3 is 2.18 bits per heavy atom. The minimum absolute atomic E-state index is 0.317.